The van der Waals surface area contributed by atoms with Crippen LogP contribution in [0, 0.1) is 28.9 Å². The molecule has 126 valence electrons. The van der Waals surface area contributed by atoms with Gasteiger partial charge in [0.25, 0.3) is 6.08 Å². The van der Waals surface area contributed by atoms with Gasteiger partial charge in [-0.05, 0) is 11.5 Å². The lowest BCUT2D eigenvalue weighted by Gasteiger charge is -2.10. The molecule has 0 aromatic heterocycles. The van der Waals surface area contributed by atoms with Gasteiger partial charge >= 0.3 is 5.97 Å². The first-order valence-corrected chi connectivity index (χ1v) is 7.34. The Morgan fingerprint density at radius 1 is 1.26 bits per heavy atom. The van der Waals surface area contributed by atoms with Crippen LogP contribution in [0.5, 0.6) is 0 Å². The molecule has 0 unspecified atom stereocenters. The minimum absolute atomic E-state index is 0.207. The van der Waals surface area contributed by atoms with Crippen molar-refractivity contribution in [3.63, 3.8) is 0 Å². The Labute approximate surface area is 140 Å². The molecule has 8 heteroatoms. The molecule has 1 aliphatic carbocycles. The van der Waals surface area contributed by atoms with Crippen LogP contribution in [0.15, 0.2) is 18.2 Å². The zero-order chi connectivity index (χ0) is 17.5. The van der Waals surface area contributed by atoms with Crippen LogP contribution in [0.1, 0.15) is 19.4 Å². The topological polar surface area (TPSA) is 26.3 Å². The molecule has 23 heavy (non-hydrogen) atoms. The van der Waals surface area contributed by atoms with E-state index in [2.05, 4.69) is 0 Å². The number of esters is 1. The highest BCUT2D eigenvalue weighted by atomic mass is 35.5. The average Bonchev–Trinajstić information content (AvgIpc) is 2.96. The molecule has 0 spiro atoms. The highest BCUT2D eigenvalue weighted by Crippen LogP contribution is 2.60. The van der Waals surface area contributed by atoms with Crippen molar-refractivity contribution >= 4 is 29.2 Å². The van der Waals surface area contributed by atoms with Crippen LogP contribution in [-0.4, -0.2) is 5.97 Å². The van der Waals surface area contributed by atoms with Crippen LogP contribution in [0.2, 0.25) is 10.0 Å². The van der Waals surface area contributed by atoms with E-state index < -0.39 is 57.6 Å². The van der Waals surface area contributed by atoms with Gasteiger partial charge in [-0.3, -0.25) is 4.79 Å². The summed E-state index contributed by atoms with van der Waals surface area (Å²) in [6.07, 6.45) is -1.18. The van der Waals surface area contributed by atoms with Gasteiger partial charge in [-0.15, -0.1) is 0 Å². The normalized spacial score (nSPS) is 21.7. The highest BCUT2D eigenvalue weighted by Gasteiger charge is 2.62. The van der Waals surface area contributed by atoms with E-state index in [0.29, 0.717) is 12.1 Å². The number of hydrogen-bond acceptors (Lipinski definition) is 2. The molecule has 2 rings (SSSR count). The van der Waals surface area contributed by atoms with Gasteiger partial charge in [-0.1, -0.05) is 37.0 Å². The zero-order valence-corrected chi connectivity index (χ0v) is 13.6. The molecular formula is C15H12Cl2F4O2. The maximum absolute atomic E-state index is 13.4. The molecule has 0 heterocycles. The molecule has 1 aromatic rings. The van der Waals surface area contributed by atoms with Gasteiger partial charge in [0.1, 0.15) is 18.2 Å². The van der Waals surface area contributed by atoms with E-state index >= 15 is 0 Å². The Morgan fingerprint density at radius 2 is 1.78 bits per heavy atom. The number of ether oxygens (including phenoxy) is 1. The standard InChI is InChI=1S/C15H12Cl2F4O2/c1-15(2)7(3-10(20)21)11(15)14(22)23-5-6-12(16)8(18)4-9(19)13(6)17/h3-4,7,11H,5H2,1-2H3/t7-,11+/m1/s1. The maximum Gasteiger partial charge on any atom is 0.310 e. The largest absolute Gasteiger partial charge is 0.460 e. The number of allylic oxidation sites excluding steroid dienone is 1. The molecule has 0 radical (unpaired) electrons. The van der Waals surface area contributed by atoms with Crippen LogP contribution < -0.4 is 0 Å². The Bertz CT molecular complexity index is 658. The van der Waals surface area contributed by atoms with Crippen molar-refractivity contribution in [2.24, 2.45) is 17.3 Å². The second kappa shape index (κ2) is 6.32. The summed E-state index contributed by atoms with van der Waals surface area (Å²) < 4.78 is 56.4. The number of carbonyl (C=O) groups is 1. The van der Waals surface area contributed by atoms with Gasteiger partial charge in [-0.2, -0.15) is 8.78 Å². The fraction of sp³-hybridized carbons (Fsp3) is 0.400. The second-order valence-electron chi connectivity index (χ2n) is 5.84. The fourth-order valence-electron chi connectivity index (χ4n) is 2.56. The van der Waals surface area contributed by atoms with Crippen LogP contribution in [0.3, 0.4) is 0 Å². The number of rotatable bonds is 4. The number of hydrogen-bond donors (Lipinski definition) is 0. The molecule has 1 aromatic carbocycles. The minimum atomic E-state index is -1.88. The summed E-state index contributed by atoms with van der Waals surface area (Å²) in [4.78, 5) is 12.0. The van der Waals surface area contributed by atoms with Gasteiger partial charge in [0, 0.05) is 17.5 Å². The molecule has 1 saturated carbocycles. The Kier molecular flexibility index (Phi) is 4.97. The monoisotopic (exact) mass is 370 g/mol. The predicted octanol–water partition coefficient (Wildman–Crippen LogP) is 5.37. The van der Waals surface area contributed by atoms with Crippen LogP contribution in [-0.2, 0) is 16.1 Å². The summed E-state index contributed by atoms with van der Waals surface area (Å²) in [5, 5.41) is -0.906. The van der Waals surface area contributed by atoms with Crippen molar-refractivity contribution in [2.45, 2.75) is 20.5 Å². The van der Waals surface area contributed by atoms with Crippen molar-refractivity contribution in [3.05, 3.63) is 45.5 Å². The second-order valence-corrected chi connectivity index (χ2v) is 6.59. The fourth-order valence-corrected chi connectivity index (χ4v) is 3.01. The Hall–Kier alpha value is -1.27. The maximum atomic E-state index is 13.4. The Balaban J connectivity index is 2.11. The molecule has 0 bridgehead atoms. The molecule has 0 aliphatic heterocycles. The molecule has 0 saturated heterocycles. The SMILES string of the molecule is CC1(C)[C@H](C=C(F)F)[C@H]1C(=O)OCc1c(Cl)c(F)cc(F)c1Cl. The third-order valence-electron chi connectivity index (χ3n) is 4.03. The van der Waals surface area contributed by atoms with Gasteiger partial charge < -0.3 is 4.74 Å². The van der Waals surface area contributed by atoms with Crippen molar-refractivity contribution in [2.75, 3.05) is 0 Å². The number of benzene rings is 1. The van der Waals surface area contributed by atoms with Gasteiger partial charge in [0.2, 0.25) is 0 Å². The van der Waals surface area contributed by atoms with E-state index in [4.69, 9.17) is 27.9 Å². The summed E-state index contributed by atoms with van der Waals surface area (Å²) in [5.74, 6) is -4.25. The van der Waals surface area contributed by atoms with E-state index in [9.17, 15) is 22.4 Å². The van der Waals surface area contributed by atoms with Crippen molar-refractivity contribution in [3.8, 4) is 0 Å². The third-order valence-corrected chi connectivity index (χ3v) is 4.85. The first-order valence-electron chi connectivity index (χ1n) is 6.58. The zero-order valence-electron chi connectivity index (χ0n) is 12.1. The lowest BCUT2D eigenvalue weighted by Crippen LogP contribution is -2.11. The number of carbonyl (C=O) groups excluding carboxylic acids is 1. The highest BCUT2D eigenvalue weighted by molar-refractivity contribution is 6.36. The quantitative estimate of drug-likeness (QED) is 0.404. The van der Waals surface area contributed by atoms with Crippen molar-refractivity contribution in [1.82, 2.24) is 0 Å². The summed E-state index contributed by atoms with van der Waals surface area (Å²) in [5.41, 5.74) is -0.886. The molecule has 1 fully saturated rings. The molecule has 0 N–H and O–H groups in total. The predicted molar refractivity (Wildman–Crippen MR) is 77.2 cm³/mol. The molecule has 2 atom stereocenters. The van der Waals surface area contributed by atoms with Gasteiger partial charge in [-0.25, -0.2) is 8.78 Å². The van der Waals surface area contributed by atoms with E-state index in [1.54, 1.807) is 13.8 Å². The van der Waals surface area contributed by atoms with Crippen molar-refractivity contribution < 1.29 is 27.1 Å². The molecule has 0 amide bonds. The van der Waals surface area contributed by atoms with Crippen molar-refractivity contribution in [1.29, 1.82) is 0 Å². The number of halogens is 6. The van der Waals surface area contributed by atoms with E-state index in [1.165, 1.54) is 0 Å². The molecular weight excluding hydrogens is 359 g/mol. The van der Waals surface area contributed by atoms with Gasteiger partial charge in [0.05, 0.1) is 16.0 Å². The summed E-state index contributed by atoms with van der Waals surface area (Å²) >= 11 is 11.4. The van der Waals surface area contributed by atoms with Crippen LogP contribution >= 0.6 is 23.2 Å². The van der Waals surface area contributed by atoms with E-state index in [0.717, 1.165) is 0 Å². The van der Waals surface area contributed by atoms with Gasteiger partial charge in [0.15, 0.2) is 0 Å². The lowest BCUT2D eigenvalue weighted by atomic mass is 10.1. The molecule has 2 nitrogen and oxygen atoms in total. The van der Waals surface area contributed by atoms with E-state index in [1.807, 2.05) is 0 Å². The molecule has 1 aliphatic rings. The van der Waals surface area contributed by atoms with Crippen LogP contribution in [0.25, 0.3) is 0 Å². The van der Waals surface area contributed by atoms with E-state index in [-0.39, 0.29) is 5.56 Å². The first-order chi connectivity index (χ1) is 10.6. The summed E-state index contributed by atoms with van der Waals surface area (Å²) in [7, 11) is 0. The summed E-state index contributed by atoms with van der Waals surface area (Å²) in [6.45, 7) is 2.74. The average molecular weight is 371 g/mol. The Morgan fingerprint density at radius 3 is 2.26 bits per heavy atom. The minimum Gasteiger partial charge on any atom is -0.460 e. The summed E-state index contributed by atoms with van der Waals surface area (Å²) in [6, 6.07) is 0.519. The first kappa shape index (κ1) is 18.1. The van der Waals surface area contributed by atoms with Crippen LogP contribution in [0.4, 0.5) is 17.6 Å². The third kappa shape index (κ3) is 3.48. The smallest absolute Gasteiger partial charge is 0.310 e. The lowest BCUT2D eigenvalue weighted by molar-refractivity contribution is -0.147.